The largest absolute Gasteiger partial charge is 0.348 e. The van der Waals surface area contributed by atoms with Gasteiger partial charge in [0.25, 0.3) is 0 Å². The fraction of sp³-hybridized carbons (Fsp3) is 0.500. The molecule has 4 heteroatoms. The maximum absolute atomic E-state index is 11.6. The van der Waals surface area contributed by atoms with Gasteiger partial charge in [-0.05, 0) is 31.5 Å². The minimum atomic E-state index is 0.0254. The lowest BCUT2D eigenvalue weighted by Crippen LogP contribution is -2.32. The van der Waals surface area contributed by atoms with Gasteiger partial charge in [-0.3, -0.25) is 4.79 Å². The normalized spacial score (nSPS) is 14.8. The van der Waals surface area contributed by atoms with Gasteiger partial charge in [-0.1, -0.05) is 6.07 Å². The van der Waals surface area contributed by atoms with Gasteiger partial charge in [0.05, 0.1) is 11.3 Å². The van der Waals surface area contributed by atoms with Crippen LogP contribution in [0, 0.1) is 0 Å². The maximum atomic E-state index is 11.6. The molecule has 1 N–H and O–H groups in total. The van der Waals surface area contributed by atoms with E-state index >= 15 is 0 Å². The Morgan fingerprint density at radius 2 is 2.29 bits per heavy atom. The lowest BCUT2D eigenvalue weighted by Gasteiger charge is -2.14. The zero-order valence-corrected chi connectivity index (χ0v) is 10.2. The van der Waals surface area contributed by atoms with Crippen LogP contribution >= 0.6 is 23.1 Å². The van der Waals surface area contributed by atoms with Crippen LogP contribution in [0.15, 0.2) is 17.5 Å². The van der Waals surface area contributed by atoms with E-state index in [1.807, 2.05) is 37.6 Å². The summed E-state index contributed by atoms with van der Waals surface area (Å²) in [7, 11) is 0. The fourth-order valence-corrected chi connectivity index (χ4v) is 2.06. The summed E-state index contributed by atoms with van der Waals surface area (Å²) < 4.78 is 0. The number of carbonyl (C=O) groups excluding carboxylic acids is 1. The van der Waals surface area contributed by atoms with Gasteiger partial charge in [-0.15, -0.1) is 11.3 Å². The van der Waals surface area contributed by atoms with Crippen molar-refractivity contribution in [3.05, 3.63) is 22.4 Å². The predicted molar refractivity (Wildman–Crippen MR) is 63.9 cm³/mol. The molecule has 0 aliphatic heterocycles. The zero-order valence-electron chi connectivity index (χ0n) is 8.61. The molecule has 0 fully saturated rings. The van der Waals surface area contributed by atoms with Crippen molar-refractivity contribution in [1.82, 2.24) is 5.32 Å². The van der Waals surface area contributed by atoms with E-state index in [2.05, 4.69) is 5.32 Å². The molecule has 1 aromatic heterocycles. The number of carbonyl (C=O) groups is 1. The van der Waals surface area contributed by atoms with Crippen molar-refractivity contribution in [2.24, 2.45) is 0 Å². The van der Waals surface area contributed by atoms with Crippen molar-refractivity contribution < 1.29 is 4.79 Å². The van der Waals surface area contributed by atoms with Gasteiger partial charge in [0, 0.05) is 4.88 Å². The first kappa shape index (κ1) is 11.6. The molecule has 14 heavy (non-hydrogen) atoms. The minimum Gasteiger partial charge on any atom is -0.348 e. The summed E-state index contributed by atoms with van der Waals surface area (Å²) in [5, 5.41) is 5.03. The third kappa shape index (κ3) is 3.03. The Morgan fingerprint density at radius 3 is 2.79 bits per heavy atom. The fourth-order valence-electron chi connectivity index (χ4n) is 1.05. The van der Waals surface area contributed by atoms with Crippen molar-refractivity contribution in [3.8, 4) is 0 Å². The molecule has 1 rings (SSSR count). The van der Waals surface area contributed by atoms with Gasteiger partial charge in [-0.25, -0.2) is 0 Å². The van der Waals surface area contributed by atoms with E-state index in [0.29, 0.717) is 0 Å². The number of thiophene rings is 1. The van der Waals surface area contributed by atoms with E-state index in [1.54, 1.807) is 23.1 Å². The predicted octanol–water partition coefficient (Wildman–Crippen LogP) is 2.68. The van der Waals surface area contributed by atoms with E-state index in [1.165, 1.54) is 4.88 Å². The Hall–Kier alpha value is -0.480. The van der Waals surface area contributed by atoms with Crippen LogP contribution in [-0.4, -0.2) is 17.4 Å². The summed E-state index contributed by atoms with van der Waals surface area (Å²) in [5.74, 6) is 0.110. The minimum absolute atomic E-state index is 0.0254. The van der Waals surface area contributed by atoms with Crippen molar-refractivity contribution in [2.75, 3.05) is 6.26 Å². The third-order valence-corrected chi connectivity index (χ3v) is 4.03. The Balaban J connectivity index is 2.49. The summed E-state index contributed by atoms with van der Waals surface area (Å²) in [5.41, 5.74) is 0. The molecule has 0 aromatic carbocycles. The highest BCUT2D eigenvalue weighted by molar-refractivity contribution is 7.99. The lowest BCUT2D eigenvalue weighted by molar-refractivity contribution is -0.120. The van der Waals surface area contributed by atoms with Crippen LogP contribution in [0.3, 0.4) is 0 Å². The Labute approximate surface area is 93.1 Å². The molecule has 1 aromatic rings. The number of amides is 1. The van der Waals surface area contributed by atoms with Crippen LogP contribution in [0.5, 0.6) is 0 Å². The van der Waals surface area contributed by atoms with Gasteiger partial charge >= 0.3 is 0 Å². The molecule has 0 aliphatic rings. The van der Waals surface area contributed by atoms with Gasteiger partial charge in [0.1, 0.15) is 0 Å². The summed E-state index contributed by atoms with van der Waals surface area (Å²) in [6, 6.07) is 4.16. The van der Waals surface area contributed by atoms with Crippen molar-refractivity contribution in [3.63, 3.8) is 0 Å². The van der Waals surface area contributed by atoms with Crippen LogP contribution in [-0.2, 0) is 4.79 Å². The number of hydrogen-bond donors (Lipinski definition) is 1. The quantitative estimate of drug-likeness (QED) is 0.860. The van der Waals surface area contributed by atoms with Gasteiger partial charge in [-0.2, -0.15) is 11.8 Å². The SMILES string of the molecule is CS[C@H](C)C(=O)N[C@H](C)c1cccs1. The molecule has 0 saturated heterocycles. The van der Waals surface area contributed by atoms with E-state index < -0.39 is 0 Å². The summed E-state index contributed by atoms with van der Waals surface area (Å²) >= 11 is 3.23. The molecule has 2 nitrogen and oxygen atoms in total. The van der Waals surface area contributed by atoms with E-state index in [4.69, 9.17) is 0 Å². The smallest absolute Gasteiger partial charge is 0.233 e. The Morgan fingerprint density at radius 1 is 1.57 bits per heavy atom. The standard InChI is InChI=1S/C10H15NOS2/c1-7(9-5-4-6-14-9)11-10(12)8(2)13-3/h4-8H,1-3H3,(H,11,12)/t7-,8-/m1/s1. The first-order valence-corrected chi connectivity index (χ1v) is 6.68. The maximum Gasteiger partial charge on any atom is 0.233 e. The van der Waals surface area contributed by atoms with Crippen molar-refractivity contribution in [1.29, 1.82) is 0 Å². The first-order chi connectivity index (χ1) is 6.65. The van der Waals surface area contributed by atoms with Gasteiger partial charge in [0.2, 0.25) is 5.91 Å². The van der Waals surface area contributed by atoms with Crippen LogP contribution in [0.2, 0.25) is 0 Å². The first-order valence-electron chi connectivity index (χ1n) is 4.51. The van der Waals surface area contributed by atoms with Crippen molar-refractivity contribution in [2.45, 2.75) is 25.1 Å². The monoisotopic (exact) mass is 229 g/mol. The van der Waals surface area contributed by atoms with Gasteiger partial charge in [0.15, 0.2) is 0 Å². The second-order valence-electron chi connectivity index (χ2n) is 3.12. The zero-order chi connectivity index (χ0) is 10.6. The molecular weight excluding hydrogens is 214 g/mol. The Bertz CT molecular complexity index is 284. The van der Waals surface area contributed by atoms with Gasteiger partial charge < -0.3 is 5.32 Å². The molecule has 0 radical (unpaired) electrons. The van der Waals surface area contributed by atoms with Crippen molar-refractivity contribution >= 4 is 29.0 Å². The number of thioether (sulfide) groups is 1. The van der Waals surface area contributed by atoms with Crippen LogP contribution < -0.4 is 5.32 Å². The molecule has 1 amide bonds. The number of rotatable bonds is 4. The highest BCUT2D eigenvalue weighted by atomic mass is 32.2. The van der Waals surface area contributed by atoms with E-state index in [9.17, 15) is 4.79 Å². The average molecular weight is 229 g/mol. The molecule has 0 spiro atoms. The molecule has 1 heterocycles. The Kier molecular flexibility index (Phi) is 4.48. The number of hydrogen-bond acceptors (Lipinski definition) is 3. The second-order valence-corrected chi connectivity index (χ2v) is 5.28. The average Bonchev–Trinajstić information content (AvgIpc) is 2.69. The number of nitrogens with one attached hydrogen (secondary N) is 1. The molecule has 2 atom stereocenters. The lowest BCUT2D eigenvalue weighted by atomic mass is 10.2. The molecule has 0 bridgehead atoms. The van der Waals surface area contributed by atoms with E-state index in [-0.39, 0.29) is 17.2 Å². The molecule has 0 aliphatic carbocycles. The van der Waals surface area contributed by atoms with Crippen LogP contribution in [0.1, 0.15) is 24.8 Å². The topological polar surface area (TPSA) is 29.1 Å². The van der Waals surface area contributed by atoms with Crippen LogP contribution in [0.4, 0.5) is 0 Å². The molecule has 0 saturated carbocycles. The second kappa shape index (κ2) is 5.41. The summed E-state index contributed by atoms with van der Waals surface area (Å²) in [6.07, 6.45) is 1.94. The molecule has 0 unspecified atom stereocenters. The molecule has 78 valence electrons. The highest BCUT2D eigenvalue weighted by Gasteiger charge is 2.15. The highest BCUT2D eigenvalue weighted by Crippen LogP contribution is 2.18. The molecular formula is C10H15NOS2. The summed E-state index contributed by atoms with van der Waals surface area (Å²) in [6.45, 7) is 3.93. The third-order valence-electron chi connectivity index (χ3n) is 2.05. The van der Waals surface area contributed by atoms with Crippen LogP contribution in [0.25, 0.3) is 0 Å². The van der Waals surface area contributed by atoms with E-state index in [0.717, 1.165) is 0 Å². The summed E-state index contributed by atoms with van der Waals surface area (Å²) in [4.78, 5) is 12.8.